The molecule has 280 valence electrons. The molecule has 0 radical (unpaired) electrons. The largest absolute Gasteiger partial charge is 0.507 e. The molecule has 0 saturated carbocycles. The lowest BCUT2D eigenvalue weighted by Gasteiger charge is -2.36. The van der Waals surface area contributed by atoms with Crippen molar-refractivity contribution in [1.82, 2.24) is 19.6 Å². The van der Waals surface area contributed by atoms with Gasteiger partial charge in [-0.15, -0.1) is 0 Å². The number of hydrogen-bond donors (Lipinski definition) is 4. The van der Waals surface area contributed by atoms with Crippen LogP contribution >= 0.6 is 0 Å². The predicted molar refractivity (Wildman–Crippen MR) is 193 cm³/mol. The number of aliphatic hydroxyl groups excluding tert-OH is 2. The second kappa shape index (κ2) is 13.4. The summed E-state index contributed by atoms with van der Waals surface area (Å²) >= 11 is 0. The number of aryl methyl sites for hydroxylation is 2. The molecule has 6 amide bonds. The molecule has 51 heavy (non-hydrogen) atoms. The number of hydrogen-bond acceptors (Lipinski definition) is 8. The number of imide groups is 2. The molecule has 2 saturated heterocycles. The van der Waals surface area contributed by atoms with E-state index in [9.17, 15) is 39.6 Å². The van der Waals surface area contributed by atoms with Crippen LogP contribution < -0.4 is 0 Å². The van der Waals surface area contributed by atoms with Gasteiger partial charge in [-0.05, 0) is 85.8 Å². The van der Waals surface area contributed by atoms with Crippen molar-refractivity contribution < 1.29 is 39.6 Å². The van der Waals surface area contributed by atoms with Gasteiger partial charge in [-0.25, -0.2) is 9.59 Å². The van der Waals surface area contributed by atoms with Gasteiger partial charge < -0.3 is 20.4 Å². The number of phenols is 2. The fourth-order valence-electron chi connectivity index (χ4n) is 6.96. The minimum atomic E-state index is -1.39. The van der Waals surface area contributed by atoms with Crippen molar-refractivity contribution >= 4 is 23.9 Å². The van der Waals surface area contributed by atoms with Crippen molar-refractivity contribution in [3.05, 3.63) is 57.6 Å². The number of rotatable bonds is 10. The lowest BCUT2D eigenvalue weighted by Crippen LogP contribution is -2.55. The maximum absolute atomic E-state index is 13.8. The lowest BCUT2D eigenvalue weighted by molar-refractivity contribution is -0.134. The smallest absolute Gasteiger partial charge is 0.329 e. The van der Waals surface area contributed by atoms with E-state index in [1.807, 2.05) is 53.7 Å². The average Bonchev–Trinajstić information content (AvgIpc) is 3.24. The first kappa shape index (κ1) is 39.6. The monoisotopic (exact) mass is 708 g/mol. The number of β-amino-alcohol motifs (C(OH)–C–C–N with tert-alkyl or cyclic N) is 2. The molecule has 2 heterocycles. The van der Waals surface area contributed by atoms with E-state index in [-0.39, 0.29) is 54.9 Å². The molecule has 0 bridgehead atoms. The number of carbonyl (C=O) groups excluding carboxylic acids is 4. The standard InChI is InChI=1S/C39H56N4O8/c1-22-13-24(17-28(30(22)46)36(3,4)5)15-26(44)19-40-32(48)38(9,10)42(34(40)50)21-43-35(51)41(33(49)39(43,11)12)20-27(45)16-25-14-23(2)31(47)29(18-25)37(6,7)8/h13-14,17-18,26-27,44-47H,15-16,19-21H2,1-12H3. The predicted octanol–water partition coefficient (Wildman–Crippen LogP) is 4.86. The Morgan fingerprint density at radius 3 is 1.22 bits per heavy atom. The maximum Gasteiger partial charge on any atom is 0.329 e. The lowest BCUT2D eigenvalue weighted by atomic mass is 9.83. The van der Waals surface area contributed by atoms with Gasteiger partial charge in [0.15, 0.2) is 0 Å². The second-order valence-electron chi connectivity index (χ2n) is 17.3. The van der Waals surface area contributed by atoms with E-state index in [1.54, 1.807) is 53.7 Å². The number of aliphatic hydroxyl groups is 2. The van der Waals surface area contributed by atoms with Crippen LogP contribution in [0.4, 0.5) is 9.59 Å². The number of aromatic hydroxyl groups is 2. The van der Waals surface area contributed by atoms with Gasteiger partial charge in [-0.1, -0.05) is 65.8 Å². The number of phenolic OH excluding ortho intramolecular Hbond substituents is 2. The van der Waals surface area contributed by atoms with E-state index in [1.165, 1.54) is 9.80 Å². The van der Waals surface area contributed by atoms with E-state index >= 15 is 0 Å². The first-order valence-electron chi connectivity index (χ1n) is 17.5. The summed E-state index contributed by atoms with van der Waals surface area (Å²) in [5, 5.41) is 43.4. The first-order valence-corrected chi connectivity index (χ1v) is 17.5. The minimum Gasteiger partial charge on any atom is -0.507 e. The van der Waals surface area contributed by atoms with Crippen molar-refractivity contribution in [2.45, 2.75) is 130 Å². The maximum atomic E-state index is 13.8. The van der Waals surface area contributed by atoms with Gasteiger partial charge in [0, 0.05) is 12.8 Å². The molecule has 0 spiro atoms. The van der Waals surface area contributed by atoms with Crippen LogP contribution in [0, 0.1) is 13.8 Å². The molecule has 4 N–H and O–H groups in total. The molecule has 2 fully saturated rings. The Bertz CT molecular complexity index is 1610. The average molecular weight is 709 g/mol. The number of carbonyl (C=O) groups is 4. The van der Waals surface area contributed by atoms with Crippen molar-refractivity contribution in [3.8, 4) is 11.5 Å². The van der Waals surface area contributed by atoms with Gasteiger partial charge in [-0.3, -0.25) is 29.2 Å². The van der Waals surface area contributed by atoms with Crippen LogP contribution in [-0.2, 0) is 33.3 Å². The third-order valence-electron chi connectivity index (χ3n) is 10.2. The summed E-state index contributed by atoms with van der Waals surface area (Å²) in [4.78, 5) is 59.2. The van der Waals surface area contributed by atoms with Gasteiger partial charge in [0.1, 0.15) is 29.2 Å². The minimum absolute atomic E-state index is 0.131. The quantitative estimate of drug-likeness (QED) is 0.255. The van der Waals surface area contributed by atoms with E-state index in [4.69, 9.17) is 0 Å². The van der Waals surface area contributed by atoms with Crippen LogP contribution in [0.25, 0.3) is 0 Å². The summed E-state index contributed by atoms with van der Waals surface area (Å²) < 4.78 is 0. The van der Waals surface area contributed by atoms with E-state index in [0.717, 1.165) is 32.1 Å². The molecular formula is C39H56N4O8. The second-order valence-corrected chi connectivity index (χ2v) is 17.3. The molecule has 0 aromatic heterocycles. The van der Waals surface area contributed by atoms with Crippen molar-refractivity contribution in [2.75, 3.05) is 19.8 Å². The normalized spacial score (nSPS) is 19.1. The fraction of sp³-hybridized carbons (Fsp3) is 0.590. The van der Waals surface area contributed by atoms with Crippen molar-refractivity contribution in [2.24, 2.45) is 0 Å². The third kappa shape index (κ3) is 7.58. The molecule has 2 atom stereocenters. The van der Waals surface area contributed by atoms with Gasteiger partial charge in [0.05, 0.1) is 25.3 Å². The Labute approximate surface area is 301 Å². The van der Waals surface area contributed by atoms with Crippen LogP contribution in [0.2, 0.25) is 0 Å². The summed E-state index contributed by atoms with van der Waals surface area (Å²) in [6, 6.07) is 5.79. The van der Waals surface area contributed by atoms with Gasteiger partial charge in [-0.2, -0.15) is 0 Å². The Morgan fingerprint density at radius 2 is 0.922 bits per heavy atom. The van der Waals surface area contributed by atoms with Crippen molar-refractivity contribution in [3.63, 3.8) is 0 Å². The molecule has 12 nitrogen and oxygen atoms in total. The van der Waals surface area contributed by atoms with Crippen LogP contribution in [-0.4, -0.2) is 107 Å². The zero-order chi connectivity index (χ0) is 38.8. The topological polar surface area (TPSA) is 162 Å². The van der Waals surface area contributed by atoms with E-state index < -0.39 is 47.2 Å². The molecule has 2 aromatic rings. The molecular weight excluding hydrogens is 652 g/mol. The van der Waals surface area contributed by atoms with Gasteiger partial charge in [0.25, 0.3) is 11.8 Å². The summed E-state index contributed by atoms with van der Waals surface area (Å²) in [6.45, 7) is 20.7. The number of nitrogens with zero attached hydrogens (tertiary/aromatic N) is 4. The van der Waals surface area contributed by atoms with Gasteiger partial charge in [0.2, 0.25) is 0 Å². The van der Waals surface area contributed by atoms with Crippen LogP contribution in [0.15, 0.2) is 24.3 Å². The Kier molecular flexibility index (Phi) is 10.4. The molecule has 4 rings (SSSR count). The third-order valence-corrected chi connectivity index (χ3v) is 10.2. The van der Waals surface area contributed by atoms with E-state index in [2.05, 4.69) is 0 Å². The molecule has 2 unspecified atom stereocenters. The zero-order valence-corrected chi connectivity index (χ0v) is 32.2. The summed E-state index contributed by atoms with van der Waals surface area (Å²) in [6.07, 6.45) is -1.95. The summed E-state index contributed by atoms with van der Waals surface area (Å²) in [5.41, 5.74) is 0.788. The molecule has 2 aromatic carbocycles. The zero-order valence-electron chi connectivity index (χ0n) is 32.2. The molecule has 12 heteroatoms. The highest BCUT2D eigenvalue weighted by atomic mass is 16.3. The SMILES string of the molecule is Cc1cc(CC(O)CN2C(=O)N(CN3C(=O)N(CC(O)Cc4cc(C)c(O)c(C(C)(C)C)c4)C(=O)C3(C)C)C(C)(C)C2=O)cc(C(C)(C)C)c1O. The Balaban J connectivity index is 1.49. The highest BCUT2D eigenvalue weighted by Gasteiger charge is 2.57. The Morgan fingerprint density at radius 1 is 0.608 bits per heavy atom. The van der Waals surface area contributed by atoms with E-state index in [0.29, 0.717) is 11.1 Å². The van der Waals surface area contributed by atoms with Crippen LogP contribution in [0.5, 0.6) is 11.5 Å². The molecule has 2 aliphatic rings. The highest BCUT2D eigenvalue weighted by Crippen LogP contribution is 2.37. The van der Waals surface area contributed by atoms with Crippen LogP contribution in [0.1, 0.15) is 103 Å². The first-order chi connectivity index (χ1) is 23.2. The molecule has 2 aliphatic heterocycles. The summed E-state index contributed by atoms with van der Waals surface area (Å²) in [5.74, 6) is -0.719. The Hall–Kier alpha value is -4.16. The number of amides is 6. The van der Waals surface area contributed by atoms with Crippen LogP contribution in [0.3, 0.4) is 0 Å². The summed E-state index contributed by atoms with van der Waals surface area (Å²) in [7, 11) is 0. The van der Waals surface area contributed by atoms with Gasteiger partial charge >= 0.3 is 12.1 Å². The number of urea groups is 2. The fourth-order valence-corrected chi connectivity index (χ4v) is 6.96. The highest BCUT2D eigenvalue weighted by molar-refractivity contribution is 6.08. The number of benzene rings is 2. The molecule has 0 aliphatic carbocycles. The van der Waals surface area contributed by atoms with Crippen molar-refractivity contribution in [1.29, 1.82) is 0 Å².